The van der Waals surface area contributed by atoms with Crippen molar-refractivity contribution in [2.24, 2.45) is 20.5 Å². The molecule has 0 amide bonds. The van der Waals surface area contributed by atoms with Crippen molar-refractivity contribution in [1.82, 2.24) is 0 Å². The number of azo groups is 2. The fourth-order valence-corrected chi connectivity index (χ4v) is 4.89. The number of phenols is 1. The van der Waals surface area contributed by atoms with Gasteiger partial charge in [-0.15, -0.1) is 20.5 Å². The van der Waals surface area contributed by atoms with E-state index in [1.807, 2.05) is 0 Å². The number of carbonyl (C=O) groups is 2. The van der Waals surface area contributed by atoms with Gasteiger partial charge >= 0.3 is 11.9 Å². The van der Waals surface area contributed by atoms with Gasteiger partial charge in [0.2, 0.25) is 0 Å². The van der Waals surface area contributed by atoms with Gasteiger partial charge in [-0.1, -0.05) is 24.3 Å². The molecule has 0 atom stereocenters. The van der Waals surface area contributed by atoms with E-state index >= 15 is 0 Å². The first-order valence-electron chi connectivity index (χ1n) is 11.9. The number of rotatable bonds is 7. The average Bonchev–Trinajstić information content (AvgIpc) is 2.95. The van der Waals surface area contributed by atoms with Crippen molar-refractivity contribution in [2.45, 2.75) is 4.90 Å². The molecule has 14 heteroatoms. The molecule has 5 aromatic carbocycles. The second kappa shape index (κ2) is 10.7. The van der Waals surface area contributed by atoms with Crippen molar-refractivity contribution in [3.05, 3.63) is 90.0 Å². The highest BCUT2D eigenvalue weighted by Crippen LogP contribution is 2.43. The van der Waals surface area contributed by atoms with Gasteiger partial charge in [-0.2, -0.15) is 8.42 Å². The molecule has 13 nitrogen and oxygen atoms in total. The Kier molecular flexibility index (Phi) is 7.08. The molecule has 0 aliphatic carbocycles. The lowest BCUT2D eigenvalue weighted by atomic mass is 10.0. The van der Waals surface area contributed by atoms with Gasteiger partial charge in [0, 0.05) is 21.8 Å². The summed E-state index contributed by atoms with van der Waals surface area (Å²) >= 11 is 0. The Bertz CT molecular complexity index is 2110. The van der Waals surface area contributed by atoms with Crippen LogP contribution in [0.2, 0.25) is 0 Å². The molecule has 0 heterocycles. The van der Waals surface area contributed by atoms with Gasteiger partial charge in [-0.05, 0) is 60.0 Å². The zero-order chi connectivity index (χ0) is 30.2. The lowest BCUT2D eigenvalue weighted by Crippen LogP contribution is -1.99. The molecule has 0 spiro atoms. The topological polar surface area (TPSA) is 225 Å². The van der Waals surface area contributed by atoms with Gasteiger partial charge in [0.05, 0.1) is 22.5 Å². The van der Waals surface area contributed by atoms with Crippen LogP contribution in [-0.4, -0.2) is 40.2 Å². The Hall–Kier alpha value is -5.73. The molecule has 0 saturated heterocycles. The van der Waals surface area contributed by atoms with Gasteiger partial charge in [0.25, 0.3) is 10.1 Å². The third-order valence-corrected chi connectivity index (χ3v) is 7.10. The molecule has 0 aliphatic heterocycles. The van der Waals surface area contributed by atoms with E-state index < -0.39 is 38.4 Å². The highest BCUT2D eigenvalue weighted by atomic mass is 32.2. The van der Waals surface area contributed by atoms with Crippen LogP contribution >= 0.6 is 0 Å². The van der Waals surface area contributed by atoms with Gasteiger partial charge in [-0.3, -0.25) is 4.55 Å². The third kappa shape index (κ3) is 5.34. The van der Waals surface area contributed by atoms with Crippen molar-refractivity contribution in [1.29, 1.82) is 0 Å². The molecule has 0 radical (unpaired) electrons. The fourth-order valence-electron chi connectivity index (χ4n) is 4.23. The van der Waals surface area contributed by atoms with E-state index in [1.54, 1.807) is 6.07 Å². The van der Waals surface area contributed by atoms with E-state index in [4.69, 9.17) is 5.73 Å². The van der Waals surface area contributed by atoms with Crippen LogP contribution in [0.5, 0.6) is 5.75 Å². The Morgan fingerprint density at radius 1 is 0.690 bits per heavy atom. The van der Waals surface area contributed by atoms with Crippen LogP contribution in [-0.2, 0) is 10.1 Å². The van der Waals surface area contributed by atoms with Crippen molar-refractivity contribution in [3.8, 4) is 5.75 Å². The first kappa shape index (κ1) is 27.8. The van der Waals surface area contributed by atoms with E-state index in [0.29, 0.717) is 5.39 Å². The monoisotopic (exact) mass is 585 g/mol. The van der Waals surface area contributed by atoms with E-state index in [-0.39, 0.29) is 50.0 Å². The Balaban J connectivity index is 1.67. The normalized spacial score (nSPS) is 12.0. The molecule has 0 unspecified atom stereocenters. The summed E-state index contributed by atoms with van der Waals surface area (Å²) in [6.07, 6.45) is 0. The van der Waals surface area contributed by atoms with E-state index in [9.17, 15) is 37.9 Å². The summed E-state index contributed by atoms with van der Waals surface area (Å²) < 4.78 is 34.1. The highest BCUT2D eigenvalue weighted by Gasteiger charge is 2.22. The minimum atomic E-state index is -4.85. The van der Waals surface area contributed by atoms with Crippen molar-refractivity contribution >= 4 is 72.0 Å². The number of benzene rings is 5. The first-order valence-corrected chi connectivity index (χ1v) is 13.4. The molecule has 5 rings (SSSR count). The molecule has 42 heavy (non-hydrogen) atoms. The molecule has 0 aliphatic rings. The first-order chi connectivity index (χ1) is 19.9. The zero-order valence-electron chi connectivity index (χ0n) is 21.2. The Morgan fingerprint density at radius 2 is 1.36 bits per heavy atom. The maximum Gasteiger partial charge on any atom is 0.337 e. The lowest BCUT2D eigenvalue weighted by Gasteiger charge is -2.10. The number of nitrogen functional groups attached to an aromatic ring is 1. The van der Waals surface area contributed by atoms with Gasteiger partial charge in [0.1, 0.15) is 16.3 Å². The van der Waals surface area contributed by atoms with Gasteiger partial charge in [-0.25, -0.2) is 9.59 Å². The van der Waals surface area contributed by atoms with E-state index in [2.05, 4.69) is 20.5 Å². The summed E-state index contributed by atoms with van der Waals surface area (Å²) in [6.45, 7) is 0. The summed E-state index contributed by atoms with van der Waals surface area (Å²) in [4.78, 5) is 22.5. The van der Waals surface area contributed by atoms with Crippen LogP contribution in [0.1, 0.15) is 20.7 Å². The summed E-state index contributed by atoms with van der Waals surface area (Å²) in [7, 11) is -4.85. The SMILES string of the molecule is Nc1ccc2cc(S(=O)(=O)O)c(/N=N/c3ccc(/N=N/c4ccccc4C(=O)O)c4cc(C(=O)O)ccc34)c(O)c2c1. The largest absolute Gasteiger partial charge is 0.505 e. The van der Waals surface area contributed by atoms with Crippen LogP contribution in [0.3, 0.4) is 0 Å². The summed E-state index contributed by atoms with van der Waals surface area (Å²) in [5.74, 6) is -3.01. The van der Waals surface area contributed by atoms with Crippen LogP contribution in [0, 0.1) is 0 Å². The molecule has 0 aromatic heterocycles. The second-order valence-corrected chi connectivity index (χ2v) is 10.3. The number of nitrogens with two attached hydrogens (primary N) is 1. The average molecular weight is 586 g/mol. The number of aromatic carboxylic acids is 2. The maximum atomic E-state index is 12.1. The number of fused-ring (bicyclic) bond motifs is 2. The van der Waals surface area contributed by atoms with Gasteiger partial charge in [0.15, 0.2) is 5.75 Å². The number of nitrogens with zero attached hydrogens (tertiary/aromatic N) is 4. The highest BCUT2D eigenvalue weighted by molar-refractivity contribution is 7.86. The van der Waals surface area contributed by atoms with E-state index in [1.165, 1.54) is 66.7 Å². The molecule has 0 saturated carbocycles. The smallest absolute Gasteiger partial charge is 0.337 e. The standard InChI is InChI=1S/C28H19N5O8S/c29-16-7-5-14-12-24(42(39,40)41)25(26(34)19(14)13-16)33-32-22-9-10-23(20-11-15(27(35)36)6-8-17(20)22)31-30-21-4-2-1-3-18(21)28(37)38/h1-13,34H,29H2,(H,35,36)(H,37,38)(H,39,40,41)/b31-30+,33-32+. The summed E-state index contributed by atoms with van der Waals surface area (Å²) in [5, 5.41) is 47.1. The van der Waals surface area contributed by atoms with Gasteiger partial charge < -0.3 is 21.1 Å². The van der Waals surface area contributed by atoms with Crippen LogP contribution < -0.4 is 5.73 Å². The number of carboxylic acids is 2. The molecular weight excluding hydrogens is 566 g/mol. The maximum absolute atomic E-state index is 12.1. The minimum Gasteiger partial charge on any atom is -0.505 e. The number of phenolic OH excluding ortho intramolecular Hbond substituents is 1. The predicted octanol–water partition coefficient (Wildman–Crippen LogP) is 6.75. The molecule has 210 valence electrons. The van der Waals surface area contributed by atoms with E-state index in [0.717, 1.165) is 6.07 Å². The number of carboxylic acid groups (broad SMARTS) is 2. The van der Waals surface area contributed by atoms with Crippen LogP contribution in [0.15, 0.2) is 104 Å². The van der Waals surface area contributed by atoms with Crippen molar-refractivity contribution in [3.63, 3.8) is 0 Å². The van der Waals surface area contributed by atoms with Crippen molar-refractivity contribution in [2.75, 3.05) is 5.73 Å². The molecule has 5 aromatic rings. The number of hydrogen-bond acceptors (Lipinski definition) is 10. The molecule has 0 bridgehead atoms. The van der Waals surface area contributed by atoms with Crippen LogP contribution in [0.25, 0.3) is 21.5 Å². The number of hydrogen-bond donors (Lipinski definition) is 5. The number of anilines is 1. The lowest BCUT2D eigenvalue weighted by molar-refractivity contribution is 0.0686. The van der Waals surface area contributed by atoms with Crippen molar-refractivity contribution < 1.29 is 37.9 Å². The Labute approximate surface area is 236 Å². The predicted molar refractivity (Wildman–Crippen MR) is 153 cm³/mol. The minimum absolute atomic E-state index is 0.0708. The summed E-state index contributed by atoms with van der Waals surface area (Å²) in [5.41, 5.74) is 5.75. The number of aromatic hydroxyl groups is 1. The second-order valence-electron chi connectivity index (χ2n) is 8.92. The third-order valence-electron chi connectivity index (χ3n) is 6.23. The zero-order valence-corrected chi connectivity index (χ0v) is 22.0. The van der Waals surface area contributed by atoms with Crippen LogP contribution in [0.4, 0.5) is 28.4 Å². The molecular formula is C28H19N5O8S. The quantitative estimate of drug-likeness (QED) is 0.0771. The Morgan fingerprint density at radius 3 is 2.05 bits per heavy atom. The summed E-state index contributed by atoms with van der Waals surface area (Å²) in [6, 6.07) is 18.3. The fraction of sp³-hybridized carbons (Fsp3) is 0. The molecule has 6 N–H and O–H groups in total. The molecule has 0 fully saturated rings.